The van der Waals surface area contributed by atoms with Gasteiger partial charge in [-0.2, -0.15) is 5.26 Å². The summed E-state index contributed by atoms with van der Waals surface area (Å²) < 4.78 is 11.0. The van der Waals surface area contributed by atoms with E-state index in [1.807, 2.05) is 24.3 Å². The first kappa shape index (κ1) is 21.6. The predicted octanol–water partition coefficient (Wildman–Crippen LogP) is 4.22. The molecule has 0 aliphatic carbocycles. The quantitative estimate of drug-likeness (QED) is 0.327. The highest BCUT2D eigenvalue weighted by molar-refractivity contribution is 6.22. The Bertz CT molecular complexity index is 1320. The van der Waals surface area contributed by atoms with Crippen molar-refractivity contribution >= 4 is 17.8 Å². The molecule has 7 heteroatoms. The van der Waals surface area contributed by atoms with Gasteiger partial charge in [0.1, 0.15) is 5.75 Å². The molecule has 1 atom stereocenters. The van der Waals surface area contributed by atoms with Crippen molar-refractivity contribution in [3.8, 4) is 22.9 Å². The van der Waals surface area contributed by atoms with Crippen molar-refractivity contribution in [1.29, 1.82) is 5.26 Å². The van der Waals surface area contributed by atoms with E-state index in [2.05, 4.69) is 6.07 Å². The fourth-order valence-corrected chi connectivity index (χ4v) is 4.19. The van der Waals surface area contributed by atoms with Crippen LogP contribution in [0, 0.1) is 11.3 Å². The zero-order valence-electron chi connectivity index (χ0n) is 18.2. The molecule has 168 valence electrons. The van der Waals surface area contributed by atoms with Gasteiger partial charge in [0, 0.05) is 6.61 Å². The molecule has 1 fully saturated rings. The average molecular weight is 452 g/mol. The Hall–Kier alpha value is -4.28. The number of carbonyl (C=O) groups is 3. The average Bonchev–Trinajstić information content (AvgIpc) is 3.47. The first-order chi connectivity index (χ1) is 16.5. The molecule has 0 N–H and O–H groups in total. The van der Waals surface area contributed by atoms with Crippen LogP contribution in [0.15, 0.2) is 66.7 Å². The number of imide groups is 1. The van der Waals surface area contributed by atoms with Crippen LogP contribution < -0.4 is 4.74 Å². The lowest BCUT2D eigenvalue weighted by Crippen LogP contribution is -2.36. The van der Waals surface area contributed by atoms with E-state index in [0.717, 1.165) is 24.0 Å². The number of hydrogen-bond donors (Lipinski definition) is 0. The summed E-state index contributed by atoms with van der Waals surface area (Å²) in [5.41, 5.74) is 3.11. The molecular formula is C27H20N2O5. The Labute approximate surface area is 196 Å². The summed E-state index contributed by atoms with van der Waals surface area (Å²) in [6.07, 6.45) is 1.59. The Balaban J connectivity index is 1.29. The maximum absolute atomic E-state index is 12.8. The number of amides is 2. The van der Waals surface area contributed by atoms with E-state index in [1.54, 1.807) is 24.3 Å². The van der Waals surface area contributed by atoms with Crippen molar-refractivity contribution in [1.82, 2.24) is 4.90 Å². The van der Waals surface area contributed by atoms with Gasteiger partial charge in [0.15, 0.2) is 0 Å². The molecule has 3 aromatic rings. The highest BCUT2D eigenvalue weighted by Crippen LogP contribution is 2.27. The molecule has 2 amide bonds. The second-order valence-corrected chi connectivity index (χ2v) is 8.22. The van der Waals surface area contributed by atoms with Crippen LogP contribution in [0.3, 0.4) is 0 Å². The molecule has 0 bridgehead atoms. The van der Waals surface area contributed by atoms with Crippen LogP contribution >= 0.6 is 0 Å². The smallest absolute Gasteiger partial charge is 0.343 e. The molecule has 2 aliphatic rings. The number of fused-ring (bicyclic) bond motifs is 1. The van der Waals surface area contributed by atoms with Gasteiger partial charge in [-0.15, -0.1) is 0 Å². The molecule has 0 spiro atoms. The van der Waals surface area contributed by atoms with Crippen LogP contribution in [0.1, 0.15) is 49.5 Å². The van der Waals surface area contributed by atoms with Crippen molar-refractivity contribution < 1.29 is 23.9 Å². The van der Waals surface area contributed by atoms with Crippen LogP contribution in [0.5, 0.6) is 5.75 Å². The minimum absolute atomic E-state index is 0.140. The molecule has 0 radical (unpaired) electrons. The number of hydrogen-bond acceptors (Lipinski definition) is 6. The Morgan fingerprint density at radius 2 is 1.65 bits per heavy atom. The van der Waals surface area contributed by atoms with E-state index in [4.69, 9.17) is 14.7 Å². The van der Waals surface area contributed by atoms with Crippen molar-refractivity contribution in [3.05, 3.63) is 89.0 Å². The second kappa shape index (κ2) is 8.93. The number of benzene rings is 3. The third-order valence-corrected chi connectivity index (χ3v) is 6.03. The van der Waals surface area contributed by atoms with Gasteiger partial charge in [-0.25, -0.2) is 4.79 Å². The highest BCUT2D eigenvalue weighted by Gasteiger charge is 2.38. The van der Waals surface area contributed by atoms with Crippen molar-refractivity contribution in [2.45, 2.75) is 18.9 Å². The van der Waals surface area contributed by atoms with Gasteiger partial charge >= 0.3 is 5.97 Å². The van der Waals surface area contributed by atoms with Gasteiger partial charge in [0.25, 0.3) is 11.8 Å². The standard InChI is InChI=1S/C27H20N2O5/c28-15-17-3-5-18(6-4-17)19-7-10-21(11-8-19)34-27(32)20-9-12-23-24(14-20)26(31)29(25(23)30)16-22-2-1-13-33-22/h3-12,14,22H,1-2,13,16H2. The van der Waals surface area contributed by atoms with Crippen LogP contribution in [0.25, 0.3) is 11.1 Å². The fraction of sp³-hybridized carbons (Fsp3) is 0.185. The van der Waals surface area contributed by atoms with Crippen LogP contribution in [0.2, 0.25) is 0 Å². The summed E-state index contributed by atoms with van der Waals surface area (Å²) in [6, 6.07) is 20.7. The number of ether oxygens (including phenoxy) is 2. The summed E-state index contributed by atoms with van der Waals surface area (Å²) in [4.78, 5) is 39.4. The Morgan fingerprint density at radius 1 is 0.971 bits per heavy atom. The first-order valence-corrected chi connectivity index (χ1v) is 11.0. The van der Waals surface area contributed by atoms with Gasteiger partial charge in [0.2, 0.25) is 0 Å². The van der Waals surface area contributed by atoms with Crippen molar-refractivity contribution in [2.24, 2.45) is 0 Å². The summed E-state index contributed by atoms with van der Waals surface area (Å²) in [5.74, 6) is -1.05. The number of nitrogens with zero attached hydrogens (tertiary/aromatic N) is 2. The lowest BCUT2D eigenvalue weighted by Gasteiger charge is -2.17. The molecule has 34 heavy (non-hydrogen) atoms. The molecule has 2 heterocycles. The molecule has 1 saturated heterocycles. The van der Waals surface area contributed by atoms with E-state index in [1.165, 1.54) is 23.1 Å². The molecule has 0 aromatic heterocycles. The fourth-order valence-electron chi connectivity index (χ4n) is 4.19. The van der Waals surface area contributed by atoms with Gasteiger partial charge < -0.3 is 9.47 Å². The molecule has 1 unspecified atom stereocenters. The Kier molecular flexibility index (Phi) is 5.66. The monoisotopic (exact) mass is 452 g/mol. The van der Waals surface area contributed by atoms with E-state index in [-0.39, 0.29) is 35.2 Å². The van der Waals surface area contributed by atoms with Crippen LogP contribution in [-0.4, -0.2) is 41.9 Å². The van der Waals surface area contributed by atoms with Gasteiger partial charge in [-0.3, -0.25) is 14.5 Å². The molecule has 3 aromatic carbocycles. The lowest BCUT2D eigenvalue weighted by atomic mass is 10.0. The largest absolute Gasteiger partial charge is 0.423 e. The summed E-state index contributed by atoms with van der Waals surface area (Å²) in [5, 5.41) is 8.92. The maximum atomic E-state index is 12.8. The molecule has 5 rings (SSSR count). The van der Waals surface area contributed by atoms with Gasteiger partial charge in [-0.1, -0.05) is 24.3 Å². The molecule has 2 aliphatic heterocycles. The van der Waals surface area contributed by atoms with E-state index >= 15 is 0 Å². The highest BCUT2D eigenvalue weighted by atomic mass is 16.5. The number of rotatable bonds is 5. The molecule has 0 saturated carbocycles. The third-order valence-electron chi connectivity index (χ3n) is 6.03. The minimum atomic E-state index is -0.619. The summed E-state index contributed by atoms with van der Waals surface area (Å²) in [6.45, 7) is 0.857. The van der Waals surface area contributed by atoms with Gasteiger partial charge in [-0.05, 0) is 66.4 Å². The Morgan fingerprint density at radius 3 is 2.29 bits per heavy atom. The topological polar surface area (TPSA) is 96.7 Å². The second-order valence-electron chi connectivity index (χ2n) is 8.22. The first-order valence-electron chi connectivity index (χ1n) is 11.0. The predicted molar refractivity (Wildman–Crippen MR) is 122 cm³/mol. The van der Waals surface area contributed by atoms with Crippen molar-refractivity contribution in [2.75, 3.05) is 13.2 Å². The zero-order chi connectivity index (χ0) is 23.7. The lowest BCUT2D eigenvalue weighted by molar-refractivity contribution is 0.0475. The summed E-state index contributed by atoms with van der Waals surface area (Å²) >= 11 is 0. The third kappa shape index (κ3) is 4.07. The van der Waals surface area contributed by atoms with Gasteiger partial charge in [0.05, 0.1) is 41.0 Å². The normalized spacial score (nSPS) is 16.9. The van der Waals surface area contributed by atoms with E-state index < -0.39 is 11.9 Å². The van der Waals surface area contributed by atoms with Crippen LogP contribution in [0.4, 0.5) is 0 Å². The zero-order valence-corrected chi connectivity index (χ0v) is 18.2. The van der Waals surface area contributed by atoms with E-state index in [9.17, 15) is 14.4 Å². The minimum Gasteiger partial charge on any atom is -0.423 e. The van der Waals surface area contributed by atoms with E-state index in [0.29, 0.717) is 17.9 Å². The molecular weight excluding hydrogens is 432 g/mol. The number of esters is 1. The van der Waals surface area contributed by atoms with Crippen LogP contribution in [-0.2, 0) is 4.74 Å². The number of nitriles is 1. The number of carbonyl (C=O) groups excluding carboxylic acids is 3. The SMILES string of the molecule is N#Cc1ccc(-c2ccc(OC(=O)c3ccc4c(c3)C(=O)N(CC3CCCO3)C4=O)cc2)cc1. The molecule has 7 nitrogen and oxygen atoms in total. The summed E-state index contributed by atoms with van der Waals surface area (Å²) in [7, 11) is 0. The van der Waals surface area contributed by atoms with Crippen molar-refractivity contribution in [3.63, 3.8) is 0 Å². The maximum Gasteiger partial charge on any atom is 0.343 e.